The topological polar surface area (TPSA) is 114 Å². The van der Waals surface area contributed by atoms with Crippen molar-refractivity contribution in [3.63, 3.8) is 0 Å². The fourth-order valence-electron chi connectivity index (χ4n) is 2.21. The molecule has 3 N–H and O–H groups in total. The molecule has 0 spiro atoms. The Morgan fingerprint density at radius 1 is 1.38 bits per heavy atom. The van der Waals surface area contributed by atoms with E-state index in [4.69, 9.17) is 15.0 Å². The standard InChI is InChI=1S/C17H17F3N6O3/c18-13-2-1-10(5-14(13)29-16(19)20)23-6-11(26-21)9-28-17-22-4-3-15(25-17)24-12-7-27-8-12/h1-6,12,16,21,23H,7-9H2,(H,22,24,25)/b11-6-,26-21?. The van der Waals surface area contributed by atoms with Gasteiger partial charge in [0.2, 0.25) is 0 Å². The summed E-state index contributed by atoms with van der Waals surface area (Å²) in [5.41, 5.74) is 7.62. The number of hydrogen-bond donors (Lipinski definition) is 3. The molecule has 1 saturated heterocycles. The predicted octanol–water partition coefficient (Wildman–Crippen LogP) is 3.39. The van der Waals surface area contributed by atoms with Gasteiger partial charge in [-0.05, 0) is 18.2 Å². The van der Waals surface area contributed by atoms with Crippen LogP contribution < -0.4 is 20.1 Å². The summed E-state index contributed by atoms with van der Waals surface area (Å²) >= 11 is 0. The van der Waals surface area contributed by atoms with Crippen LogP contribution >= 0.6 is 0 Å². The summed E-state index contributed by atoms with van der Waals surface area (Å²) in [7, 11) is 0. The molecule has 9 nitrogen and oxygen atoms in total. The third-order valence-corrected chi connectivity index (χ3v) is 3.67. The van der Waals surface area contributed by atoms with E-state index in [1.54, 1.807) is 6.07 Å². The van der Waals surface area contributed by atoms with Crippen LogP contribution in [0.25, 0.3) is 0 Å². The van der Waals surface area contributed by atoms with Crippen molar-refractivity contribution in [3.05, 3.63) is 48.2 Å². The molecule has 0 aliphatic carbocycles. The van der Waals surface area contributed by atoms with Gasteiger partial charge in [0.1, 0.15) is 18.1 Å². The van der Waals surface area contributed by atoms with E-state index in [-0.39, 0.29) is 30.0 Å². The van der Waals surface area contributed by atoms with Gasteiger partial charge in [0, 0.05) is 24.2 Å². The maximum absolute atomic E-state index is 13.4. The Morgan fingerprint density at radius 2 is 2.21 bits per heavy atom. The Morgan fingerprint density at radius 3 is 2.90 bits per heavy atom. The fourth-order valence-corrected chi connectivity index (χ4v) is 2.21. The Kier molecular flexibility index (Phi) is 6.79. The molecule has 0 unspecified atom stereocenters. The van der Waals surface area contributed by atoms with Gasteiger partial charge in [0.15, 0.2) is 11.6 Å². The van der Waals surface area contributed by atoms with Crippen LogP contribution in [-0.2, 0) is 4.74 Å². The fraction of sp³-hybridized carbons (Fsp3) is 0.294. The molecule has 0 atom stereocenters. The Hall–Kier alpha value is -3.41. The van der Waals surface area contributed by atoms with Crippen LogP contribution in [0.1, 0.15) is 0 Å². The van der Waals surface area contributed by atoms with Crippen molar-refractivity contribution < 1.29 is 27.4 Å². The number of nitrogens with zero attached hydrogens (tertiary/aromatic N) is 3. The summed E-state index contributed by atoms with van der Waals surface area (Å²) in [4.78, 5) is 8.17. The zero-order valence-corrected chi connectivity index (χ0v) is 14.9. The normalized spacial score (nSPS) is 14.3. The number of benzene rings is 1. The highest BCUT2D eigenvalue weighted by Gasteiger charge is 2.18. The average molecular weight is 410 g/mol. The number of rotatable bonds is 10. The van der Waals surface area contributed by atoms with Gasteiger partial charge >= 0.3 is 12.6 Å². The molecule has 2 aromatic rings. The van der Waals surface area contributed by atoms with Gasteiger partial charge in [-0.1, -0.05) is 0 Å². The summed E-state index contributed by atoms with van der Waals surface area (Å²) in [5.74, 6) is -0.950. The maximum atomic E-state index is 13.4. The minimum Gasteiger partial charge on any atom is -0.457 e. The van der Waals surface area contributed by atoms with Gasteiger partial charge in [-0.3, -0.25) is 0 Å². The van der Waals surface area contributed by atoms with Gasteiger partial charge in [0.05, 0.1) is 19.3 Å². The maximum Gasteiger partial charge on any atom is 0.387 e. The molecule has 2 heterocycles. The first-order chi connectivity index (χ1) is 14.0. The number of aromatic nitrogens is 2. The summed E-state index contributed by atoms with van der Waals surface area (Å²) in [6, 6.07) is 5.31. The Balaban J connectivity index is 1.58. The van der Waals surface area contributed by atoms with Crippen molar-refractivity contribution in [2.45, 2.75) is 12.7 Å². The van der Waals surface area contributed by atoms with Crippen LogP contribution in [0.3, 0.4) is 0 Å². The molecule has 0 saturated carbocycles. The lowest BCUT2D eigenvalue weighted by Crippen LogP contribution is -2.40. The highest BCUT2D eigenvalue weighted by Crippen LogP contribution is 2.24. The first-order valence-electron chi connectivity index (χ1n) is 8.41. The zero-order chi connectivity index (χ0) is 20.6. The SMILES string of the molecule is N=N/C(=C\Nc1ccc(F)c(OC(F)F)c1)COc1nccc(NC2COC2)n1. The molecule has 154 valence electrons. The largest absolute Gasteiger partial charge is 0.457 e. The van der Waals surface area contributed by atoms with Crippen molar-refractivity contribution >= 4 is 11.5 Å². The molecule has 1 aliphatic rings. The van der Waals surface area contributed by atoms with Gasteiger partial charge in [0.25, 0.3) is 0 Å². The van der Waals surface area contributed by atoms with E-state index in [1.165, 1.54) is 18.5 Å². The monoisotopic (exact) mass is 410 g/mol. The van der Waals surface area contributed by atoms with Crippen molar-refractivity contribution in [3.8, 4) is 11.8 Å². The Labute approximate surface area is 163 Å². The third kappa shape index (κ3) is 6.04. The molecule has 3 rings (SSSR count). The van der Waals surface area contributed by atoms with Crippen molar-refractivity contribution in [1.82, 2.24) is 9.97 Å². The third-order valence-electron chi connectivity index (χ3n) is 3.67. The lowest BCUT2D eigenvalue weighted by molar-refractivity contribution is -0.0521. The van der Waals surface area contributed by atoms with E-state index in [0.717, 1.165) is 12.1 Å². The molecule has 1 aromatic heterocycles. The molecule has 1 aromatic carbocycles. The quantitative estimate of drug-likeness (QED) is 0.515. The number of nitrogens with one attached hydrogen (secondary N) is 3. The van der Waals surface area contributed by atoms with Crippen LogP contribution in [0.15, 0.2) is 47.5 Å². The van der Waals surface area contributed by atoms with Crippen LogP contribution in [-0.4, -0.2) is 42.4 Å². The molecule has 0 radical (unpaired) electrons. The van der Waals surface area contributed by atoms with Crippen molar-refractivity contribution in [1.29, 1.82) is 5.53 Å². The number of alkyl halides is 2. The predicted molar refractivity (Wildman–Crippen MR) is 95.6 cm³/mol. The highest BCUT2D eigenvalue weighted by molar-refractivity contribution is 5.51. The summed E-state index contributed by atoms with van der Waals surface area (Å²) < 4.78 is 52.6. The van der Waals surface area contributed by atoms with Gasteiger partial charge in [-0.25, -0.2) is 14.9 Å². The van der Waals surface area contributed by atoms with E-state index < -0.39 is 18.2 Å². The second-order valence-corrected chi connectivity index (χ2v) is 5.81. The molecule has 1 aliphatic heterocycles. The summed E-state index contributed by atoms with van der Waals surface area (Å²) in [6.45, 7) is -2.08. The van der Waals surface area contributed by atoms with E-state index >= 15 is 0 Å². The molecule has 0 bridgehead atoms. The van der Waals surface area contributed by atoms with E-state index in [2.05, 4.69) is 30.5 Å². The second kappa shape index (κ2) is 9.68. The highest BCUT2D eigenvalue weighted by atomic mass is 19.3. The molecule has 1 fully saturated rings. The summed E-state index contributed by atoms with van der Waals surface area (Å²) in [6.07, 6.45) is 2.83. The van der Waals surface area contributed by atoms with Crippen LogP contribution in [0.4, 0.5) is 24.7 Å². The van der Waals surface area contributed by atoms with Gasteiger partial charge in [-0.2, -0.15) is 18.9 Å². The van der Waals surface area contributed by atoms with Crippen LogP contribution in [0.2, 0.25) is 0 Å². The van der Waals surface area contributed by atoms with Gasteiger partial charge < -0.3 is 24.8 Å². The molecular formula is C17H17F3N6O3. The summed E-state index contributed by atoms with van der Waals surface area (Å²) in [5, 5.41) is 9.17. The first-order valence-corrected chi connectivity index (χ1v) is 8.41. The second-order valence-electron chi connectivity index (χ2n) is 5.81. The number of ether oxygens (including phenoxy) is 3. The lowest BCUT2D eigenvalue weighted by atomic mass is 10.2. The average Bonchev–Trinajstić information content (AvgIpc) is 2.67. The molecular weight excluding hydrogens is 393 g/mol. The first kappa shape index (κ1) is 20.3. The minimum atomic E-state index is -3.15. The van der Waals surface area contributed by atoms with Crippen LogP contribution in [0, 0.1) is 11.3 Å². The number of hydrogen-bond acceptors (Lipinski definition) is 9. The molecule has 0 amide bonds. The van der Waals surface area contributed by atoms with E-state index in [1.807, 2.05) is 0 Å². The zero-order valence-electron chi connectivity index (χ0n) is 14.9. The molecule has 29 heavy (non-hydrogen) atoms. The van der Waals surface area contributed by atoms with E-state index in [0.29, 0.717) is 19.0 Å². The lowest BCUT2D eigenvalue weighted by Gasteiger charge is -2.27. The number of anilines is 2. The van der Waals surface area contributed by atoms with Crippen molar-refractivity contribution in [2.24, 2.45) is 5.11 Å². The Bertz CT molecular complexity index is 879. The van der Waals surface area contributed by atoms with E-state index in [9.17, 15) is 13.2 Å². The molecule has 12 heteroatoms. The van der Waals surface area contributed by atoms with Gasteiger partial charge in [-0.15, -0.1) is 0 Å². The van der Waals surface area contributed by atoms with Crippen LogP contribution in [0.5, 0.6) is 11.8 Å². The minimum absolute atomic E-state index is 0.0826. The van der Waals surface area contributed by atoms with Crippen molar-refractivity contribution in [2.75, 3.05) is 30.5 Å². The number of halogens is 3. The smallest absolute Gasteiger partial charge is 0.387 e.